The van der Waals surface area contributed by atoms with Crippen LogP contribution in [0.3, 0.4) is 0 Å². The first kappa shape index (κ1) is 24.2. The molecule has 35 heavy (non-hydrogen) atoms. The number of carbonyl (C=O) groups is 2. The fourth-order valence-corrected chi connectivity index (χ4v) is 4.19. The molecule has 1 unspecified atom stereocenters. The zero-order valence-electron chi connectivity index (χ0n) is 18.5. The number of alkyl halides is 3. The molecule has 8 nitrogen and oxygen atoms in total. The maximum Gasteiger partial charge on any atom is 0.451 e. The van der Waals surface area contributed by atoms with Gasteiger partial charge in [-0.25, -0.2) is 15.0 Å². The van der Waals surface area contributed by atoms with Gasteiger partial charge in [-0.1, -0.05) is 5.92 Å². The molecule has 1 aliphatic rings. The predicted octanol–water partition coefficient (Wildman–Crippen LogP) is 3.78. The Kier molecular flexibility index (Phi) is 6.45. The molecule has 1 aromatic carbocycles. The van der Waals surface area contributed by atoms with Crippen molar-refractivity contribution in [1.29, 1.82) is 0 Å². The van der Waals surface area contributed by atoms with Crippen LogP contribution in [0.15, 0.2) is 30.7 Å². The van der Waals surface area contributed by atoms with E-state index in [1.807, 2.05) is 6.92 Å². The first-order valence-corrected chi connectivity index (χ1v) is 11.1. The summed E-state index contributed by atoms with van der Waals surface area (Å²) in [6.45, 7) is 3.25. The lowest BCUT2D eigenvalue weighted by atomic mass is 10.0. The number of ether oxygens (including phenoxy) is 1. The second kappa shape index (κ2) is 9.34. The topological polar surface area (TPSA) is 97.3 Å². The number of fused-ring (bicyclic) bond motifs is 1. The maximum absolute atomic E-state index is 13.1. The SMILES string of the molecule is C#CCN1C(=O)COc2c(-c3ncc(C)s3)cc(C(=O)NC(C)c3cnc(C(F)(F)F)nc3)cc21. The van der Waals surface area contributed by atoms with Crippen molar-refractivity contribution in [3.63, 3.8) is 0 Å². The number of anilines is 1. The van der Waals surface area contributed by atoms with E-state index in [0.717, 1.165) is 17.3 Å². The fraction of sp³-hybridized carbons (Fsp3) is 0.261. The Morgan fingerprint density at radius 3 is 2.60 bits per heavy atom. The Labute approximate surface area is 202 Å². The Morgan fingerprint density at radius 2 is 2.00 bits per heavy atom. The minimum absolute atomic E-state index is 0.0180. The summed E-state index contributed by atoms with van der Waals surface area (Å²) in [6, 6.07) is 2.37. The van der Waals surface area contributed by atoms with E-state index in [2.05, 4.69) is 26.2 Å². The standard InChI is InChI=1S/C23H18F3N5O3S/c1-4-5-31-17-7-14(6-16(19(17)34-11-18(31)32)21-27-8-12(2)35-21)20(33)30-13(3)15-9-28-22(29-10-15)23(24,25)26/h1,6-10,13H,5,11H2,2-3H3,(H,30,33). The van der Waals surface area contributed by atoms with Gasteiger partial charge in [0.1, 0.15) is 5.01 Å². The van der Waals surface area contributed by atoms with Gasteiger partial charge in [-0.3, -0.25) is 14.5 Å². The van der Waals surface area contributed by atoms with Crippen molar-refractivity contribution >= 4 is 28.8 Å². The van der Waals surface area contributed by atoms with E-state index >= 15 is 0 Å². The quantitative estimate of drug-likeness (QED) is 0.535. The number of hydrogen-bond donors (Lipinski definition) is 1. The molecule has 12 heteroatoms. The van der Waals surface area contributed by atoms with Crippen LogP contribution in [0, 0.1) is 19.3 Å². The molecule has 0 bridgehead atoms. The third kappa shape index (κ3) is 4.95. The first-order valence-electron chi connectivity index (χ1n) is 10.3. The van der Waals surface area contributed by atoms with Crippen LogP contribution < -0.4 is 15.0 Å². The zero-order chi connectivity index (χ0) is 25.3. The number of aryl methyl sites for hydroxylation is 1. The lowest BCUT2D eigenvalue weighted by molar-refractivity contribution is -0.145. The normalized spacial score (nSPS) is 14.1. The molecule has 0 saturated heterocycles. The molecule has 180 valence electrons. The number of terminal acetylenes is 1. The molecule has 3 aromatic rings. The number of aromatic nitrogens is 3. The number of benzene rings is 1. The molecule has 4 rings (SSSR count). The van der Waals surface area contributed by atoms with Gasteiger partial charge < -0.3 is 10.1 Å². The summed E-state index contributed by atoms with van der Waals surface area (Å²) in [5.41, 5.74) is 1.32. The summed E-state index contributed by atoms with van der Waals surface area (Å²) in [7, 11) is 0. The molecule has 1 aliphatic heterocycles. The zero-order valence-corrected chi connectivity index (χ0v) is 19.3. The monoisotopic (exact) mass is 501 g/mol. The average Bonchev–Trinajstić information content (AvgIpc) is 3.25. The molecule has 0 saturated carbocycles. The molecule has 2 amide bonds. The van der Waals surface area contributed by atoms with Gasteiger partial charge in [0.25, 0.3) is 11.8 Å². The summed E-state index contributed by atoms with van der Waals surface area (Å²) in [6.07, 6.45) is 4.48. The van der Waals surface area contributed by atoms with E-state index in [9.17, 15) is 22.8 Å². The van der Waals surface area contributed by atoms with E-state index in [-0.39, 0.29) is 30.2 Å². The highest BCUT2D eigenvalue weighted by atomic mass is 32.1. The highest BCUT2D eigenvalue weighted by molar-refractivity contribution is 7.15. The van der Waals surface area contributed by atoms with E-state index in [1.54, 1.807) is 19.2 Å². The van der Waals surface area contributed by atoms with Crippen LogP contribution in [0.4, 0.5) is 18.9 Å². The molecule has 1 N–H and O–H groups in total. The molecule has 0 spiro atoms. The number of nitrogens with one attached hydrogen (secondary N) is 1. The van der Waals surface area contributed by atoms with Crippen molar-refractivity contribution in [2.45, 2.75) is 26.1 Å². The molecule has 0 radical (unpaired) electrons. The number of halogens is 3. The van der Waals surface area contributed by atoms with Crippen LogP contribution in [0.2, 0.25) is 0 Å². The van der Waals surface area contributed by atoms with Gasteiger partial charge in [-0.05, 0) is 26.0 Å². The van der Waals surface area contributed by atoms with Crippen LogP contribution >= 0.6 is 11.3 Å². The number of hydrogen-bond acceptors (Lipinski definition) is 7. The van der Waals surface area contributed by atoms with Crippen LogP contribution in [-0.4, -0.2) is 39.9 Å². The second-order valence-corrected chi connectivity index (χ2v) is 8.89. The van der Waals surface area contributed by atoms with Crippen molar-refractivity contribution in [2.75, 3.05) is 18.1 Å². The summed E-state index contributed by atoms with van der Waals surface area (Å²) in [4.78, 5) is 38.9. The van der Waals surface area contributed by atoms with Crippen LogP contribution in [-0.2, 0) is 11.0 Å². The first-order chi connectivity index (χ1) is 16.6. The molecular weight excluding hydrogens is 483 g/mol. The minimum atomic E-state index is -4.66. The second-order valence-electron chi connectivity index (χ2n) is 7.65. The van der Waals surface area contributed by atoms with Crippen molar-refractivity contribution in [3.8, 4) is 28.7 Å². The Balaban J connectivity index is 1.69. The average molecular weight is 501 g/mol. The summed E-state index contributed by atoms with van der Waals surface area (Å²) in [5, 5.41) is 3.31. The van der Waals surface area contributed by atoms with Crippen molar-refractivity contribution in [3.05, 3.63) is 52.6 Å². The highest BCUT2D eigenvalue weighted by Crippen LogP contribution is 2.43. The van der Waals surface area contributed by atoms with Crippen LogP contribution in [0.25, 0.3) is 10.6 Å². The molecule has 1 atom stereocenters. The summed E-state index contributed by atoms with van der Waals surface area (Å²) >= 11 is 1.39. The van der Waals surface area contributed by atoms with Gasteiger partial charge in [-0.15, -0.1) is 17.8 Å². The van der Waals surface area contributed by atoms with Gasteiger partial charge in [-0.2, -0.15) is 13.2 Å². The van der Waals surface area contributed by atoms with Crippen molar-refractivity contribution < 1.29 is 27.5 Å². The van der Waals surface area contributed by atoms with E-state index in [0.29, 0.717) is 22.0 Å². The Bertz CT molecular complexity index is 1330. The molecule has 2 aromatic heterocycles. The largest absolute Gasteiger partial charge is 0.481 e. The predicted molar refractivity (Wildman–Crippen MR) is 122 cm³/mol. The Hall–Kier alpha value is -3.98. The fourth-order valence-electron chi connectivity index (χ4n) is 3.42. The van der Waals surface area contributed by atoms with E-state index < -0.39 is 23.9 Å². The smallest absolute Gasteiger partial charge is 0.451 e. The summed E-state index contributed by atoms with van der Waals surface area (Å²) in [5.74, 6) is 0.658. The molecule has 0 aliphatic carbocycles. The number of thiazole rings is 1. The van der Waals surface area contributed by atoms with Gasteiger partial charge in [0.2, 0.25) is 5.82 Å². The minimum Gasteiger partial charge on any atom is -0.481 e. The number of nitrogens with zero attached hydrogens (tertiary/aromatic N) is 4. The van der Waals surface area contributed by atoms with Crippen molar-refractivity contribution in [1.82, 2.24) is 20.3 Å². The maximum atomic E-state index is 13.1. The van der Waals surface area contributed by atoms with Crippen molar-refractivity contribution in [2.24, 2.45) is 0 Å². The summed E-state index contributed by atoms with van der Waals surface area (Å²) < 4.78 is 43.9. The molecular formula is C23H18F3N5O3S. The number of carbonyl (C=O) groups excluding carboxylic acids is 2. The highest BCUT2D eigenvalue weighted by Gasteiger charge is 2.34. The number of amides is 2. The number of rotatable bonds is 5. The van der Waals surface area contributed by atoms with Crippen LogP contribution in [0.5, 0.6) is 5.75 Å². The molecule has 0 fully saturated rings. The molecule has 3 heterocycles. The van der Waals surface area contributed by atoms with Gasteiger partial charge in [0.15, 0.2) is 12.4 Å². The third-order valence-corrected chi connectivity index (χ3v) is 6.08. The lowest BCUT2D eigenvalue weighted by Gasteiger charge is -2.29. The van der Waals surface area contributed by atoms with E-state index in [1.165, 1.54) is 22.3 Å². The third-order valence-electron chi connectivity index (χ3n) is 5.14. The van der Waals surface area contributed by atoms with E-state index in [4.69, 9.17) is 11.2 Å². The van der Waals surface area contributed by atoms with Crippen LogP contribution in [0.1, 0.15) is 39.6 Å². The van der Waals surface area contributed by atoms with Gasteiger partial charge >= 0.3 is 6.18 Å². The van der Waals surface area contributed by atoms with Gasteiger partial charge in [0, 0.05) is 34.6 Å². The Morgan fingerprint density at radius 1 is 1.29 bits per heavy atom. The lowest BCUT2D eigenvalue weighted by Crippen LogP contribution is -2.39. The van der Waals surface area contributed by atoms with Gasteiger partial charge in [0.05, 0.1) is 23.8 Å².